The molecule has 0 aromatic heterocycles. The highest BCUT2D eigenvalue weighted by molar-refractivity contribution is 6.00. The number of hydrogen-bond donors (Lipinski definition) is 3. The van der Waals surface area contributed by atoms with Gasteiger partial charge in [-0.15, -0.1) is 0 Å². The molecule has 4 N–H and O–H groups in total. The molecule has 5 nitrogen and oxygen atoms in total. The standard InChI is InChI=1S/C13H21N3O2/c1-9(8-18-3)7-16-12-6-10(14)4-5-11(12)13(17)15-2/h4-6,9,16H,7-8,14H2,1-3H3,(H,15,17). The second-order valence-corrected chi connectivity index (χ2v) is 4.33. The normalized spacial score (nSPS) is 11.9. The molecule has 0 bridgehead atoms. The Morgan fingerprint density at radius 3 is 2.83 bits per heavy atom. The maximum Gasteiger partial charge on any atom is 0.253 e. The Bertz CT molecular complexity index is 407. The molecule has 0 radical (unpaired) electrons. The van der Waals surface area contributed by atoms with Crippen LogP contribution in [-0.4, -0.2) is 33.2 Å². The molecule has 0 heterocycles. The van der Waals surface area contributed by atoms with E-state index in [1.807, 2.05) is 0 Å². The second-order valence-electron chi connectivity index (χ2n) is 4.33. The predicted octanol–water partition coefficient (Wildman–Crippen LogP) is 1.32. The van der Waals surface area contributed by atoms with Gasteiger partial charge in [-0.25, -0.2) is 0 Å². The van der Waals surface area contributed by atoms with Gasteiger partial charge in [0.25, 0.3) is 5.91 Å². The third kappa shape index (κ3) is 3.92. The highest BCUT2D eigenvalue weighted by Crippen LogP contribution is 2.19. The van der Waals surface area contributed by atoms with E-state index in [1.165, 1.54) is 0 Å². The number of rotatable bonds is 6. The zero-order valence-corrected chi connectivity index (χ0v) is 11.1. The minimum atomic E-state index is -0.128. The molecule has 0 saturated heterocycles. The van der Waals surface area contributed by atoms with Crippen LogP contribution in [-0.2, 0) is 4.74 Å². The van der Waals surface area contributed by atoms with Crippen molar-refractivity contribution in [2.45, 2.75) is 6.92 Å². The Labute approximate surface area is 108 Å². The van der Waals surface area contributed by atoms with Gasteiger partial charge in [-0.3, -0.25) is 4.79 Å². The Morgan fingerprint density at radius 1 is 1.50 bits per heavy atom. The van der Waals surface area contributed by atoms with Crippen molar-refractivity contribution in [3.8, 4) is 0 Å². The monoisotopic (exact) mass is 251 g/mol. The summed E-state index contributed by atoms with van der Waals surface area (Å²) in [6.07, 6.45) is 0. The Balaban J connectivity index is 2.79. The molecule has 1 aromatic rings. The average molecular weight is 251 g/mol. The van der Waals surface area contributed by atoms with Crippen molar-refractivity contribution in [3.05, 3.63) is 23.8 Å². The molecule has 0 aliphatic carbocycles. The lowest BCUT2D eigenvalue weighted by Gasteiger charge is -2.15. The van der Waals surface area contributed by atoms with Crippen LogP contribution in [0, 0.1) is 5.92 Å². The van der Waals surface area contributed by atoms with Crippen LogP contribution in [0.15, 0.2) is 18.2 Å². The first kappa shape index (κ1) is 14.3. The molecule has 100 valence electrons. The minimum absolute atomic E-state index is 0.128. The molecule has 0 aliphatic heterocycles. The molecule has 1 rings (SSSR count). The van der Waals surface area contributed by atoms with E-state index >= 15 is 0 Å². The third-order valence-electron chi connectivity index (χ3n) is 2.61. The maximum absolute atomic E-state index is 11.7. The van der Waals surface area contributed by atoms with Crippen LogP contribution in [0.4, 0.5) is 11.4 Å². The van der Waals surface area contributed by atoms with Gasteiger partial charge in [-0.1, -0.05) is 6.92 Å². The predicted molar refractivity (Wildman–Crippen MR) is 73.8 cm³/mol. The van der Waals surface area contributed by atoms with E-state index in [1.54, 1.807) is 32.4 Å². The lowest BCUT2D eigenvalue weighted by molar-refractivity contribution is 0.0964. The van der Waals surface area contributed by atoms with Crippen LogP contribution in [0.5, 0.6) is 0 Å². The van der Waals surface area contributed by atoms with Gasteiger partial charge in [0.15, 0.2) is 0 Å². The first-order chi connectivity index (χ1) is 8.58. The van der Waals surface area contributed by atoms with Gasteiger partial charge in [0.05, 0.1) is 12.2 Å². The number of carbonyl (C=O) groups excluding carboxylic acids is 1. The van der Waals surface area contributed by atoms with Gasteiger partial charge < -0.3 is 21.1 Å². The second kappa shape index (κ2) is 6.86. The lowest BCUT2D eigenvalue weighted by atomic mass is 10.1. The maximum atomic E-state index is 11.7. The number of nitrogen functional groups attached to an aromatic ring is 1. The number of nitrogens with two attached hydrogens (primary N) is 1. The summed E-state index contributed by atoms with van der Waals surface area (Å²) in [5.41, 5.74) is 7.71. The molecule has 18 heavy (non-hydrogen) atoms. The number of ether oxygens (including phenoxy) is 1. The number of anilines is 2. The smallest absolute Gasteiger partial charge is 0.253 e. The number of methoxy groups -OCH3 is 1. The number of benzene rings is 1. The fourth-order valence-electron chi connectivity index (χ4n) is 1.67. The van der Waals surface area contributed by atoms with Crippen molar-refractivity contribution in [1.29, 1.82) is 0 Å². The molecule has 0 spiro atoms. The van der Waals surface area contributed by atoms with Gasteiger partial charge in [0.1, 0.15) is 0 Å². The molecule has 1 atom stereocenters. The fourth-order valence-corrected chi connectivity index (χ4v) is 1.67. The summed E-state index contributed by atoms with van der Waals surface area (Å²) in [6, 6.07) is 5.20. The molecule has 1 aromatic carbocycles. The summed E-state index contributed by atoms with van der Waals surface area (Å²) in [5.74, 6) is 0.228. The molecule has 0 saturated carbocycles. The molecule has 1 amide bonds. The Morgan fingerprint density at radius 2 is 2.22 bits per heavy atom. The average Bonchev–Trinajstić information content (AvgIpc) is 2.36. The van der Waals surface area contributed by atoms with Crippen LogP contribution >= 0.6 is 0 Å². The molecule has 0 aliphatic rings. The Kier molecular flexibility index (Phi) is 5.45. The van der Waals surface area contributed by atoms with E-state index in [9.17, 15) is 4.79 Å². The highest BCUT2D eigenvalue weighted by Gasteiger charge is 2.11. The van der Waals surface area contributed by atoms with Crippen molar-refractivity contribution in [2.24, 2.45) is 5.92 Å². The summed E-state index contributed by atoms with van der Waals surface area (Å²) in [6.45, 7) is 3.47. The van der Waals surface area contributed by atoms with Crippen LogP contribution in [0.3, 0.4) is 0 Å². The van der Waals surface area contributed by atoms with Crippen molar-refractivity contribution >= 4 is 17.3 Å². The summed E-state index contributed by atoms with van der Waals surface area (Å²) in [4.78, 5) is 11.7. The van der Waals surface area contributed by atoms with Gasteiger partial charge in [-0.05, 0) is 24.1 Å². The number of amides is 1. The molecular weight excluding hydrogens is 230 g/mol. The fraction of sp³-hybridized carbons (Fsp3) is 0.462. The summed E-state index contributed by atoms with van der Waals surface area (Å²) in [7, 11) is 3.28. The van der Waals surface area contributed by atoms with Crippen LogP contribution in [0.25, 0.3) is 0 Å². The SMILES string of the molecule is CNC(=O)c1ccc(N)cc1NCC(C)COC. The zero-order chi connectivity index (χ0) is 13.5. The number of nitrogens with one attached hydrogen (secondary N) is 2. The van der Waals surface area contributed by atoms with Crippen LogP contribution in [0.1, 0.15) is 17.3 Å². The number of hydrogen-bond acceptors (Lipinski definition) is 4. The summed E-state index contributed by atoms with van der Waals surface area (Å²) < 4.78 is 5.07. The summed E-state index contributed by atoms with van der Waals surface area (Å²) in [5, 5.41) is 5.84. The quantitative estimate of drug-likeness (QED) is 0.666. The zero-order valence-electron chi connectivity index (χ0n) is 11.1. The van der Waals surface area contributed by atoms with E-state index in [4.69, 9.17) is 10.5 Å². The van der Waals surface area contributed by atoms with E-state index in [-0.39, 0.29) is 5.91 Å². The van der Waals surface area contributed by atoms with Crippen LogP contribution in [0.2, 0.25) is 0 Å². The Hall–Kier alpha value is -1.75. The largest absolute Gasteiger partial charge is 0.399 e. The third-order valence-corrected chi connectivity index (χ3v) is 2.61. The van der Waals surface area contributed by atoms with Gasteiger partial charge in [0.2, 0.25) is 0 Å². The number of carbonyl (C=O) groups is 1. The van der Waals surface area contributed by atoms with E-state index in [0.717, 1.165) is 12.2 Å². The van der Waals surface area contributed by atoms with Crippen molar-refractivity contribution in [1.82, 2.24) is 5.32 Å². The summed E-state index contributed by atoms with van der Waals surface area (Å²) >= 11 is 0. The first-order valence-electron chi connectivity index (χ1n) is 5.93. The lowest BCUT2D eigenvalue weighted by Crippen LogP contribution is -2.22. The van der Waals surface area contributed by atoms with Gasteiger partial charge in [0, 0.05) is 32.1 Å². The van der Waals surface area contributed by atoms with E-state index < -0.39 is 0 Å². The van der Waals surface area contributed by atoms with Gasteiger partial charge in [-0.2, -0.15) is 0 Å². The topological polar surface area (TPSA) is 76.4 Å². The van der Waals surface area contributed by atoms with Gasteiger partial charge >= 0.3 is 0 Å². The molecule has 0 fully saturated rings. The van der Waals surface area contributed by atoms with Crippen LogP contribution < -0.4 is 16.4 Å². The van der Waals surface area contributed by atoms with E-state index in [0.29, 0.717) is 23.8 Å². The molecule has 5 heteroatoms. The van der Waals surface area contributed by atoms with Crippen molar-refractivity contribution in [2.75, 3.05) is 38.4 Å². The van der Waals surface area contributed by atoms with Crippen molar-refractivity contribution < 1.29 is 9.53 Å². The highest BCUT2D eigenvalue weighted by atomic mass is 16.5. The molecule has 1 unspecified atom stereocenters. The molecular formula is C13H21N3O2. The minimum Gasteiger partial charge on any atom is -0.399 e. The van der Waals surface area contributed by atoms with E-state index in [2.05, 4.69) is 17.6 Å². The first-order valence-corrected chi connectivity index (χ1v) is 5.93. The van der Waals surface area contributed by atoms with Crippen molar-refractivity contribution in [3.63, 3.8) is 0 Å².